The molecule has 0 saturated carbocycles. The van der Waals surface area contributed by atoms with Crippen molar-refractivity contribution < 1.29 is 5.11 Å². The highest BCUT2D eigenvalue weighted by atomic mass is 35.5. The smallest absolute Gasteiger partial charge is 0.0969 e. The molecule has 1 unspecified atom stereocenters. The van der Waals surface area contributed by atoms with Crippen molar-refractivity contribution in [2.24, 2.45) is 0 Å². The molecular formula is C9H15ClN2O. The molecule has 0 spiro atoms. The summed E-state index contributed by atoms with van der Waals surface area (Å²) < 4.78 is 1.77. The van der Waals surface area contributed by atoms with Crippen LogP contribution in [0, 0.1) is 0 Å². The molecule has 1 heterocycles. The van der Waals surface area contributed by atoms with Crippen molar-refractivity contribution in [2.45, 2.75) is 39.3 Å². The normalized spacial score (nSPS) is 13.2. The molecule has 0 bridgehead atoms. The summed E-state index contributed by atoms with van der Waals surface area (Å²) in [4.78, 5) is 0. The molecule has 0 amide bonds. The molecule has 0 saturated heterocycles. The van der Waals surface area contributed by atoms with E-state index in [1.54, 1.807) is 10.9 Å². The van der Waals surface area contributed by atoms with Gasteiger partial charge in [-0.2, -0.15) is 5.10 Å². The van der Waals surface area contributed by atoms with E-state index in [2.05, 4.69) is 12.0 Å². The third-order valence-corrected chi connectivity index (χ3v) is 2.26. The minimum absolute atomic E-state index is 0.499. The van der Waals surface area contributed by atoms with Gasteiger partial charge in [0.1, 0.15) is 0 Å². The van der Waals surface area contributed by atoms with Crippen LogP contribution in [0.25, 0.3) is 0 Å². The summed E-state index contributed by atoms with van der Waals surface area (Å²) in [6.45, 7) is 4.79. The van der Waals surface area contributed by atoms with E-state index in [9.17, 15) is 5.11 Å². The average molecular weight is 203 g/mol. The van der Waals surface area contributed by atoms with Gasteiger partial charge in [0.05, 0.1) is 23.0 Å². The summed E-state index contributed by atoms with van der Waals surface area (Å²) in [7, 11) is 0. The first-order chi connectivity index (χ1) is 6.20. The van der Waals surface area contributed by atoms with Gasteiger partial charge in [-0.1, -0.05) is 25.4 Å². The molecule has 1 aromatic heterocycles. The van der Waals surface area contributed by atoms with Gasteiger partial charge in [-0.05, 0) is 12.8 Å². The van der Waals surface area contributed by atoms with Crippen LogP contribution in [0.15, 0.2) is 6.20 Å². The number of aliphatic hydroxyl groups excluding tert-OH is 1. The highest BCUT2D eigenvalue weighted by Gasteiger charge is 2.15. The molecule has 0 aliphatic carbocycles. The molecule has 0 aliphatic heterocycles. The molecule has 13 heavy (non-hydrogen) atoms. The van der Waals surface area contributed by atoms with Gasteiger partial charge < -0.3 is 5.11 Å². The van der Waals surface area contributed by atoms with E-state index >= 15 is 0 Å². The van der Waals surface area contributed by atoms with Crippen molar-refractivity contribution in [3.63, 3.8) is 0 Å². The monoisotopic (exact) mass is 202 g/mol. The molecule has 1 N–H and O–H groups in total. The average Bonchev–Trinajstić information content (AvgIpc) is 2.47. The molecular weight excluding hydrogens is 188 g/mol. The lowest BCUT2D eigenvalue weighted by atomic mass is 10.2. The Morgan fingerprint density at radius 3 is 2.85 bits per heavy atom. The molecule has 0 fully saturated rings. The Morgan fingerprint density at radius 2 is 2.31 bits per heavy atom. The van der Waals surface area contributed by atoms with E-state index in [0.29, 0.717) is 11.4 Å². The maximum atomic E-state index is 9.66. The van der Waals surface area contributed by atoms with Crippen molar-refractivity contribution in [1.29, 1.82) is 0 Å². The minimum Gasteiger partial charge on any atom is -0.387 e. The number of hydrogen-bond donors (Lipinski definition) is 1. The van der Waals surface area contributed by atoms with Crippen molar-refractivity contribution >= 4 is 11.6 Å². The van der Waals surface area contributed by atoms with E-state index in [0.717, 1.165) is 18.7 Å². The molecule has 1 atom stereocenters. The molecule has 1 aromatic rings. The van der Waals surface area contributed by atoms with Crippen LogP contribution in [0.3, 0.4) is 0 Å². The number of hydrogen-bond acceptors (Lipinski definition) is 2. The van der Waals surface area contributed by atoms with Crippen LogP contribution in [0.2, 0.25) is 5.02 Å². The Labute approximate surface area is 83.3 Å². The molecule has 4 heteroatoms. The molecule has 0 aliphatic rings. The summed E-state index contributed by atoms with van der Waals surface area (Å²) in [5.74, 6) is 0. The van der Waals surface area contributed by atoms with Crippen LogP contribution in [-0.4, -0.2) is 14.9 Å². The molecule has 0 radical (unpaired) electrons. The standard InChI is InChI=1S/C9H15ClN2O/c1-3-5-12-9(8(13)4-2)7(10)6-11-12/h6,8,13H,3-5H2,1-2H3. The summed E-state index contributed by atoms with van der Waals surface area (Å²) in [5, 5.41) is 14.3. The number of aliphatic hydroxyl groups is 1. The second-order valence-corrected chi connectivity index (χ2v) is 3.43. The maximum absolute atomic E-state index is 9.66. The van der Waals surface area contributed by atoms with E-state index in [-0.39, 0.29) is 0 Å². The largest absolute Gasteiger partial charge is 0.387 e. The highest BCUT2D eigenvalue weighted by Crippen LogP contribution is 2.24. The van der Waals surface area contributed by atoms with Gasteiger partial charge in [0.15, 0.2) is 0 Å². The number of aryl methyl sites for hydroxylation is 1. The van der Waals surface area contributed by atoms with Crippen LogP contribution in [0.1, 0.15) is 38.5 Å². The second-order valence-electron chi connectivity index (χ2n) is 3.02. The van der Waals surface area contributed by atoms with Gasteiger partial charge in [-0.25, -0.2) is 0 Å². The van der Waals surface area contributed by atoms with E-state index in [4.69, 9.17) is 11.6 Å². The van der Waals surface area contributed by atoms with E-state index in [1.807, 2.05) is 6.92 Å². The van der Waals surface area contributed by atoms with Crippen molar-refractivity contribution in [3.05, 3.63) is 16.9 Å². The van der Waals surface area contributed by atoms with Crippen LogP contribution in [0.4, 0.5) is 0 Å². The SMILES string of the molecule is CCCn1ncc(Cl)c1C(O)CC. The van der Waals surface area contributed by atoms with Gasteiger partial charge >= 0.3 is 0 Å². The van der Waals surface area contributed by atoms with Crippen molar-refractivity contribution in [2.75, 3.05) is 0 Å². The minimum atomic E-state index is -0.499. The fraction of sp³-hybridized carbons (Fsp3) is 0.667. The molecule has 3 nitrogen and oxygen atoms in total. The quantitative estimate of drug-likeness (QED) is 0.814. The molecule has 74 valence electrons. The maximum Gasteiger partial charge on any atom is 0.0969 e. The number of aromatic nitrogens is 2. The lowest BCUT2D eigenvalue weighted by Crippen LogP contribution is -2.08. The topological polar surface area (TPSA) is 38.0 Å². The predicted molar refractivity (Wildman–Crippen MR) is 52.8 cm³/mol. The summed E-state index contributed by atoms with van der Waals surface area (Å²) in [6.07, 6.45) is 2.74. The van der Waals surface area contributed by atoms with E-state index in [1.165, 1.54) is 0 Å². The van der Waals surface area contributed by atoms with Gasteiger partial charge in [0.25, 0.3) is 0 Å². The Hall–Kier alpha value is -0.540. The fourth-order valence-corrected chi connectivity index (χ4v) is 1.55. The van der Waals surface area contributed by atoms with Crippen LogP contribution in [-0.2, 0) is 6.54 Å². The first-order valence-corrected chi connectivity index (χ1v) is 4.97. The third kappa shape index (κ3) is 2.23. The Morgan fingerprint density at radius 1 is 1.62 bits per heavy atom. The Kier molecular flexibility index (Phi) is 3.75. The number of nitrogens with zero attached hydrogens (tertiary/aromatic N) is 2. The van der Waals surface area contributed by atoms with E-state index < -0.39 is 6.10 Å². The number of halogens is 1. The van der Waals surface area contributed by atoms with Crippen LogP contribution in [0.5, 0.6) is 0 Å². The van der Waals surface area contributed by atoms with Gasteiger partial charge in [-0.15, -0.1) is 0 Å². The predicted octanol–water partition coefficient (Wildman–Crippen LogP) is 2.39. The zero-order chi connectivity index (χ0) is 9.84. The molecule has 0 aromatic carbocycles. The summed E-state index contributed by atoms with van der Waals surface area (Å²) in [5.41, 5.74) is 0.742. The first-order valence-electron chi connectivity index (χ1n) is 4.60. The van der Waals surface area contributed by atoms with Gasteiger partial charge in [0, 0.05) is 6.54 Å². The first kappa shape index (κ1) is 10.5. The fourth-order valence-electron chi connectivity index (χ4n) is 1.29. The third-order valence-electron chi connectivity index (χ3n) is 1.97. The van der Waals surface area contributed by atoms with Gasteiger partial charge in [0.2, 0.25) is 0 Å². The van der Waals surface area contributed by atoms with Crippen molar-refractivity contribution in [3.8, 4) is 0 Å². The van der Waals surface area contributed by atoms with Gasteiger partial charge in [-0.3, -0.25) is 4.68 Å². The van der Waals surface area contributed by atoms with Crippen LogP contribution >= 0.6 is 11.6 Å². The summed E-state index contributed by atoms with van der Waals surface area (Å²) in [6, 6.07) is 0. The Balaban J connectivity index is 2.93. The zero-order valence-electron chi connectivity index (χ0n) is 8.00. The van der Waals surface area contributed by atoms with Crippen molar-refractivity contribution in [1.82, 2.24) is 9.78 Å². The highest BCUT2D eigenvalue weighted by molar-refractivity contribution is 6.31. The lowest BCUT2D eigenvalue weighted by molar-refractivity contribution is 0.162. The summed E-state index contributed by atoms with van der Waals surface area (Å²) >= 11 is 5.91. The van der Waals surface area contributed by atoms with Crippen LogP contribution < -0.4 is 0 Å². The number of rotatable bonds is 4. The second kappa shape index (κ2) is 4.63. The zero-order valence-corrected chi connectivity index (χ0v) is 8.75. The lowest BCUT2D eigenvalue weighted by Gasteiger charge is -2.11. The Bertz CT molecular complexity index is 273. The molecule has 1 rings (SSSR count).